The maximum atomic E-state index is 13.7. The number of pyridine rings is 1. The van der Waals surface area contributed by atoms with Crippen LogP contribution in [0.5, 0.6) is 0 Å². The number of piperidine rings is 1. The minimum atomic E-state index is -0.143. The zero-order valence-corrected chi connectivity index (χ0v) is 21.0. The third kappa shape index (κ3) is 4.23. The second-order valence-electron chi connectivity index (χ2n) is 9.93. The Kier molecular flexibility index (Phi) is 6.07. The Balaban J connectivity index is 1.63. The highest BCUT2D eigenvalue weighted by molar-refractivity contribution is 8.26. The highest BCUT2D eigenvalue weighted by atomic mass is 32.2. The fraction of sp³-hybridized carbons (Fsp3) is 0.520. The molecule has 5 rings (SSSR count). The molecule has 3 aliphatic rings. The number of hydrogen-bond acceptors (Lipinski definition) is 6. The summed E-state index contributed by atoms with van der Waals surface area (Å²) in [6, 6.07) is 4.05. The summed E-state index contributed by atoms with van der Waals surface area (Å²) in [5.41, 5.74) is 1.95. The number of fused-ring (bicyclic) bond motifs is 1. The van der Waals surface area contributed by atoms with E-state index in [1.165, 1.54) is 11.8 Å². The third-order valence-corrected chi connectivity index (χ3v) is 8.27. The number of amides is 1. The van der Waals surface area contributed by atoms with Gasteiger partial charge in [0, 0.05) is 25.3 Å². The summed E-state index contributed by atoms with van der Waals surface area (Å²) in [6.07, 6.45) is 8.98. The zero-order valence-electron chi connectivity index (χ0n) is 19.4. The molecule has 0 unspecified atom stereocenters. The van der Waals surface area contributed by atoms with Crippen molar-refractivity contribution < 1.29 is 4.79 Å². The Bertz CT molecular complexity index is 1200. The van der Waals surface area contributed by atoms with Crippen LogP contribution in [0.1, 0.15) is 57.1 Å². The van der Waals surface area contributed by atoms with E-state index in [0.29, 0.717) is 38.1 Å². The van der Waals surface area contributed by atoms with Crippen LogP contribution in [0, 0.1) is 18.8 Å². The molecule has 174 valence electrons. The Morgan fingerprint density at radius 2 is 1.82 bits per heavy atom. The lowest BCUT2D eigenvalue weighted by Gasteiger charge is -2.36. The van der Waals surface area contributed by atoms with Crippen LogP contribution >= 0.6 is 24.0 Å². The summed E-state index contributed by atoms with van der Waals surface area (Å²) < 4.78 is 2.20. The normalized spacial score (nSPS) is 25.7. The summed E-state index contributed by atoms with van der Waals surface area (Å²) in [5, 5.41) is 0. The molecule has 0 radical (unpaired) electrons. The second-order valence-corrected chi connectivity index (χ2v) is 11.6. The van der Waals surface area contributed by atoms with Gasteiger partial charge in [-0.15, -0.1) is 0 Å². The molecule has 3 fully saturated rings. The van der Waals surface area contributed by atoms with Crippen molar-refractivity contribution in [2.45, 2.75) is 58.9 Å². The van der Waals surface area contributed by atoms with Gasteiger partial charge in [0.2, 0.25) is 0 Å². The average molecular weight is 483 g/mol. The van der Waals surface area contributed by atoms with Gasteiger partial charge in [0.05, 0.1) is 10.5 Å². The largest absolute Gasteiger partial charge is 0.355 e. The van der Waals surface area contributed by atoms with Gasteiger partial charge in [-0.1, -0.05) is 56.7 Å². The van der Waals surface area contributed by atoms with Gasteiger partial charge in [0.1, 0.15) is 15.8 Å². The molecule has 4 heterocycles. The maximum Gasteiger partial charge on any atom is 0.267 e. The van der Waals surface area contributed by atoms with E-state index >= 15 is 0 Å². The van der Waals surface area contributed by atoms with E-state index < -0.39 is 0 Å². The quantitative estimate of drug-likeness (QED) is 0.470. The first kappa shape index (κ1) is 22.6. The Hall–Kier alpha value is -2.19. The SMILES string of the molecule is Cc1ccc2nc(N3C[C@@H](C)C[C@H](C)C3)c(/C=C3/SC(=S)N(C4CCCC4)C3=O)c(=O)n2c1. The third-order valence-electron chi connectivity index (χ3n) is 6.94. The molecule has 2 aromatic heterocycles. The smallest absolute Gasteiger partial charge is 0.267 e. The van der Waals surface area contributed by atoms with Gasteiger partial charge < -0.3 is 4.90 Å². The molecule has 8 heteroatoms. The average Bonchev–Trinajstić information content (AvgIpc) is 3.37. The van der Waals surface area contributed by atoms with Crippen molar-refractivity contribution in [2.75, 3.05) is 18.0 Å². The number of thiocarbonyl (C=S) groups is 1. The van der Waals surface area contributed by atoms with Crippen molar-refractivity contribution in [1.29, 1.82) is 0 Å². The van der Waals surface area contributed by atoms with Crippen LogP contribution in [-0.2, 0) is 4.79 Å². The van der Waals surface area contributed by atoms with Crippen molar-refractivity contribution in [3.05, 3.63) is 44.7 Å². The van der Waals surface area contributed by atoms with E-state index in [-0.39, 0.29) is 17.5 Å². The van der Waals surface area contributed by atoms with Crippen LogP contribution in [0.25, 0.3) is 11.7 Å². The molecule has 2 atom stereocenters. The second kappa shape index (κ2) is 8.87. The van der Waals surface area contributed by atoms with Gasteiger partial charge in [0.25, 0.3) is 11.5 Å². The molecule has 0 spiro atoms. The summed E-state index contributed by atoms with van der Waals surface area (Å²) in [7, 11) is 0. The predicted octanol–water partition coefficient (Wildman–Crippen LogP) is 4.63. The Morgan fingerprint density at radius 3 is 2.52 bits per heavy atom. The molecule has 2 saturated heterocycles. The molecule has 6 nitrogen and oxygen atoms in total. The molecular weight excluding hydrogens is 452 g/mol. The zero-order chi connectivity index (χ0) is 23.3. The molecule has 1 saturated carbocycles. The maximum absolute atomic E-state index is 13.7. The van der Waals surface area contributed by atoms with Gasteiger partial charge >= 0.3 is 0 Å². The van der Waals surface area contributed by atoms with E-state index in [0.717, 1.165) is 50.8 Å². The Labute approximate surface area is 204 Å². The fourth-order valence-corrected chi connectivity index (χ4v) is 6.92. The van der Waals surface area contributed by atoms with E-state index in [2.05, 4.69) is 18.7 Å². The first-order valence-electron chi connectivity index (χ1n) is 11.9. The number of hydrogen-bond donors (Lipinski definition) is 0. The molecular formula is C25H30N4O2S2. The van der Waals surface area contributed by atoms with Crippen LogP contribution in [0.3, 0.4) is 0 Å². The van der Waals surface area contributed by atoms with Crippen molar-refractivity contribution >= 4 is 51.7 Å². The van der Waals surface area contributed by atoms with Gasteiger partial charge in [-0.2, -0.15) is 0 Å². The van der Waals surface area contributed by atoms with E-state index in [9.17, 15) is 9.59 Å². The van der Waals surface area contributed by atoms with Gasteiger partial charge in [-0.3, -0.25) is 18.9 Å². The number of aryl methyl sites for hydroxylation is 1. The van der Waals surface area contributed by atoms with E-state index in [1.54, 1.807) is 15.4 Å². The number of carbonyl (C=O) groups excluding carboxylic acids is 1. The summed E-state index contributed by atoms with van der Waals surface area (Å²) in [4.78, 5) is 36.5. The van der Waals surface area contributed by atoms with Crippen molar-refractivity contribution in [3.8, 4) is 0 Å². The van der Waals surface area contributed by atoms with E-state index in [1.807, 2.05) is 25.3 Å². The van der Waals surface area contributed by atoms with Crippen LogP contribution in [0.15, 0.2) is 28.0 Å². The van der Waals surface area contributed by atoms with Crippen LogP contribution in [0.2, 0.25) is 0 Å². The Morgan fingerprint density at radius 1 is 1.12 bits per heavy atom. The summed E-state index contributed by atoms with van der Waals surface area (Å²) in [5.74, 6) is 1.63. The van der Waals surface area contributed by atoms with Crippen LogP contribution < -0.4 is 10.5 Å². The van der Waals surface area contributed by atoms with Crippen molar-refractivity contribution in [3.63, 3.8) is 0 Å². The standard InChI is InChI=1S/C25H30N4O2S2/c1-15-8-9-21-26-22(27-12-16(2)10-17(3)13-27)19(23(30)28(21)14-15)11-20-24(31)29(25(32)33-20)18-6-4-5-7-18/h8-9,11,14,16-18H,4-7,10,12-13H2,1-3H3/b20-11+/t16-,17-/m0/s1. The summed E-state index contributed by atoms with van der Waals surface area (Å²) in [6.45, 7) is 8.14. The predicted molar refractivity (Wildman–Crippen MR) is 139 cm³/mol. The van der Waals surface area contributed by atoms with Gasteiger partial charge in [0.15, 0.2) is 0 Å². The van der Waals surface area contributed by atoms with Gasteiger partial charge in [-0.05, 0) is 55.7 Å². The minimum absolute atomic E-state index is 0.0723. The lowest BCUT2D eigenvalue weighted by atomic mass is 9.91. The molecule has 33 heavy (non-hydrogen) atoms. The molecule has 2 aliphatic heterocycles. The highest BCUT2D eigenvalue weighted by Gasteiger charge is 2.38. The van der Waals surface area contributed by atoms with Gasteiger partial charge in [-0.25, -0.2) is 4.98 Å². The van der Waals surface area contributed by atoms with Crippen molar-refractivity contribution in [1.82, 2.24) is 14.3 Å². The molecule has 1 amide bonds. The number of anilines is 1. The minimum Gasteiger partial charge on any atom is -0.355 e. The number of rotatable bonds is 3. The first-order valence-corrected chi connectivity index (χ1v) is 13.1. The van der Waals surface area contributed by atoms with Crippen molar-refractivity contribution in [2.24, 2.45) is 11.8 Å². The molecule has 0 N–H and O–H groups in total. The first-order chi connectivity index (χ1) is 15.8. The van der Waals surface area contributed by atoms with Crippen LogP contribution in [0.4, 0.5) is 5.82 Å². The highest BCUT2D eigenvalue weighted by Crippen LogP contribution is 2.38. The van der Waals surface area contributed by atoms with Crippen LogP contribution in [-0.4, -0.2) is 43.6 Å². The van der Waals surface area contributed by atoms with E-state index in [4.69, 9.17) is 17.2 Å². The number of aromatic nitrogens is 2. The number of thioether (sulfide) groups is 1. The number of carbonyl (C=O) groups is 1. The molecule has 0 bridgehead atoms. The summed E-state index contributed by atoms with van der Waals surface area (Å²) >= 11 is 6.89. The fourth-order valence-electron chi connectivity index (χ4n) is 5.54. The lowest BCUT2D eigenvalue weighted by Crippen LogP contribution is -2.40. The molecule has 2 aromatic rings. The molecule has 0 aromatic carbocycles. The monoisotopic (exact) mass is 482 g/mol. The lowest BCUT2D eigenvalue weighted by molar-refractivity contribution is -0.123. The topological polar surface area (TPSA) is 57.9 Å². The number of nitrogens with zero attached hydrogens (tertiary/aromatic N) is 4. The molecule has 1 aliphatic carbocycles.